The van der Waals surface area contributed by atoms with Crippen LogP contribution in [0.3, 0.4) is 0 Å². The van der Waals surface area contributed by atoms with Crippen molar-refractivity contribution in [2.24, 2.45) is 11.3 Å². The molecule has 2 unspecified atom stereocenters. The van der Waals surface area contributed by atoms with E-state index in [-0.39, 0.29) is 6.04 Å². The summed E-state index contributed by atoms with van der Waals surface area (Å²) in [6.45, 7) is 12.1. The smallest absolute Gasteiger partial charge is 0.0689 e. The van der Waals surface area contributed by atoms with Crippen molar-refractivity contribution < 1.29 is 0 Å². The molecule has 0 amide bonds. The van der Waals surface area contributed by atoms with Crippen molar-refractivity contribution in [3.8, 4) is 12.3 Å². The van der Waals surface area contributed by atoms with Gasteiger partial charge in [-0.1, -0.05) is 40.5 Å². The third-order valence-corrected chi connectivity index (χ3v) is 2.72. The summed E-state index contributed by atoms with van der Waals surface area (Å²) in [4.78, 5) is 0. The molecule has 0 heterocycles. The van der Waals surface area contributed by atoms with Gasteiger partial charge in [0.05, 0.1) is 6.04 Å². The van der Waals surface area contributed by atoms with Crippen molar-refractivity contribution in [1.29, 1.82) is 0 Å². The molecule has 0 aromatic rings. The second kappa shape index (κ2) is 5.29. The summed E-state index contributed by atoms with van der Waals surface area (Å²) < 4.78 is 0. The molecule has 0 radical (unpaired) electrons. The van der Waals surface area contributed by atoms with Crippen LogP contribution in [0.4, 0.5) is 0 Å². The van der Waals surface area contributed by atoms with Gasteiger partial charge in [-0.05, 0) is 24.3 Å². The normalized spacial score (nSPS) is 16.3. The number of hydrogen-bond acceptors (Lipinski definition) is 1. The van der Waals surface area contributed by atoms with Crippen LogP contribution in [0.2, 0.25) is 0 Å². The third-order valence-electron chi connectivity index (χ3n) is 2.72. The van der Waals surface area contributed by atoms with Crippen molar-refractivity contribution >= 4 is 0 Å². The topological polar surface area (TPSA) is 12.0 Å². The summed E-state index contributed by atoms with van der Waals surface area (Å²) in [5.74, 6) is 3.44. The zero-order valence-electron chi connectivity index (χ0n) is 9.65. The van der Waals surface area contributed by atoms with Gasteiger partial charge in [-0.25, -0.2) is 0 Å². The molecule has 0 fully saturated rings. The Bertz CT molecular complexity index is 171. The van der Waals surface area contributed by atoms with Crippen LogP contribution in [0, 0.1) is 23.7 Å². The second-order valence-electron chi connectivity index (χ2n) is 4.78. The Kier molecular flexibility index (Phi) is 5.10. The quantitative estimate of drug-likeness (QED) is 0.657. The molecule has 0 saturated heterocycles. The zero-order chi connectivity index (χ0) is 10.5. The van der Waals surface area contributed by atoms with Crippen LogP contribution in [0.1, 0.15) is 41.0 Å². The molecule has 0 aromatic carbocycles. The van der Waals surface area contributed by atoms with E-state index >= 15 is 0 Å². The van der Waals surface area contributed by atoms with Gasteiger partial charge in [0.15, 0.2) is 0 Å². The molecule has 76 valence electrons. The Balaban J connectivity index is 4.03. The number of rotatable bonds is 4. The summed E-state index contributed by atoms with van der Waals surface area (Å²) in [5.41, 5.74) is 0.352. The van der Waals surface area contributed by atoms with Crippen molar-refractivity contribution in [1.82, 2.24) is 5.32 Å². The van der Waals surface area contributed by atoms with E-state index in [4.69, 9.17) is 6.42 Å². The molecule has 0 aromatic heterocycles. The summed E-state index contributed by atoms with van der Waals surface area (Å²) in [6, 6.07) is 0.235. The van der Waals surface area contributed by atoms with Crippen molar-refractivity contribution in [3.63, 3.8) is 0 Å². The molecule has 1 nitrogen and oxygen atoms in total. The minimum absolute atomic E-state index is 0.235. The molecular formula is C12H23N. The van der Waals surface area contributed by atoms with Crippen LogP contribution in [-0.2, 0) is 0 Å². The van der Waals surface area contributed by atoms with E-state index in [0.717, 1.165) is 13.0 Å². The molecule has 0 aliphatic rings. The second-order valence-corrected chi connectivity index (χ2v) is 4.78. The average Bonchev–Trinajstić information content (AvgIpc) is 2.01. The fourth-order valence-electron chi connectivity index (χ4n) is 1.16. The van der Waals surface area contributed by atoms with Gasteiger partial charge in [0.1, 0.15) is 0 Å². The Morgan fingerprint density at radius 3 is 2.23 bits per heavy atom. The minimum atomic E-state index is 0.235. The maximum Gasteiger partial charge on any atom is 0.0689 e. The molecule has 0 bridgehead atoms. The first-order chi connectivity index (χ1) is 5.91. The Hall–Kier alpha value is -0.480. The molecule has 0 aliphatic heterocycles. The standard InChI is InChI=1S/C12H23N/c1-7-11(13-8-2)9-10(3)12(4,5)6/h1,10-11,13H,8-9H2,2-6H3. The van der Waals surface area contributed by atoms with Gasteiger partial charge in [-0.15, -0.1) is 6.42 Å². The zero-order valence-corrected chi connectivity index (χ0v) is 9.65. The van der Waals surface area contributed by atoms with Gasteiger partial charge in [0, 0.05) is 0 Å². The van der Waals surface area contributed by atoms with E-state index in [0.29, 0.717) is 11.3 Å². The average molecular weight is 181 g/mol. The lowest BCUT2D eigenvalue weighted by atomic mass is 9.78. The first-order valence-electron chi connectivity index (χ1n) is 5.11. The van der Waals surface area contributed by atoms with Gasteiger partial charge in [-0.2, -0.15) is 0 Å². The highest BCUT2D eigenvalue weighted by Gasteiger charge is 2.22. The van der Waals surface area contributed by atoms with E-state index in [9.17, 15) is 0 Å². The largest absolute Gasteiger partial charge is 0.304 e. The molecule has 1 heteroatoms. The van der Waals surface area contributed by atoms with Crippen LogP contribution in [0.5, 0.6) is 0 Å². The van der Waals surface area contributed by atoms with Crippen molar-refractivity contribution in [2.45, 2.75) is 47.1 Å². The Morgan fingerprint density at radius 1 is 1.38 bits per heavy atom. The summed E-state index contributed by atoms with van der Waals surface area (Å²) in [6.07, 6.45) is 6.50. The molecular weight excluding hydrogens is 158 g/mol. The molecule has 0 rings (SSSR count). The fraction of sp³-hybridized carbons (Fsp3) is 0.833. The van der Waals surface area contributed by atoms with Gasteiger partial charge >= 0.3 is 0 Å². The van der Waals surface area contributed by atoms with Crippen LogP contribution in [0.25, 0.3) is 0 Å². The maximum atomic E-state index is 5.44. The molecule has 2 atom stereocenters. The number of nitrogens with one attached hydrogen (secondary N) is 1. The predicted molar refractivity (Wildman–Crippen MR) is 59.5 cm³/mol. The first kappa shape index (κ1) is 12.5. The maximum absolute atomic E-state index is 5.44. The molecule has 13 heavy (non-hydrogen) atoms. The molecule has 0 aliphatic carbocycles. The highest BCUT2D eigenvalue weighted by atomic mass is 14.9. The van der Waals surface area contributed by atoms with E-state index in [2.05, 4.69) is 45.9 Å². The van der Waals surface area contributed by atoms with E-state index in [1.807, 2.05) is 0 Å². The lowest BCUT2D eigenvalue weighted by Gasteiger charge is -2.29. The molecule has 0 spiro atoms. The van der Waals surface area contributed by atoms with E-state index in [1.165, 1.54) is 0 Å². The highest BCUT2D eigenvalue weighted by molar-refractivity contribution is 4.99. The lowest BCUT2D eigenvalue weighted by Crippen LogP contribution is -2.32. The molecule has 1 N–H and O–H groups in total. The van der Waals surface area contributed by atoms with E-state index in [1.54, 1.807) is 0 Å². The van der Waals surface area contributed by atoms with Crippen molar-refractivity contribution in [3.05, 3.63) is 0 Å². The SMILES string of the molecule is C#CC(CC(C)C(C)(C)C)NCC. The number of hydrogen-bond donors (Lipinski definition) is 1. The predicted octanol–water partition coefficient (Wildman–Crippen LogP) is 2.67. The van der Waals surface area contributed by atoms with Crippen LogP contribution < -0.4 is 5.32 Å². The van der Waals surface area contributed by atoms with Gasteiger partial charge in [-0.3, -0.25) is 0 Å². The minimum Gasteiger partial charge on any atom is -0.304 e. The summed E-state index contributed by atoms with van der Waals surface area (Å²) in [7, 11) is 0. The van der Waals surface area contributed by atoms with Gasteiger partial charge in [0.25, 0.3) is 0 Å². The van der Waals surface area contributed by atoms with Gasteiger partial charge < -0.3 is 5.32 Å². The van der Waals surface area contributed by atoms with E-state index < -0.39 is 0 Å². The van der Waals surface area contributed by atoms with Crippen LogP contribution in [-0.4, -0.2) is 12.6 Å². The lowest BCUT2D eigenvalue weighted by molar-refractivity contribution is 0.235. The van der Waals surface area contributed by atoms with Crippen molar-refractivity contribution in [2.75, 3.05) is 6.54 Å². The Labute approximate surface area is 83.3 Å². The monoisotopic (exact) mass is 181 g/mol. The number of terminal acetylenes is 1. The fourth-order valence-corrected chi connectivity index (χ4v) is 1.16. The van der Waals surface area contributed by atoms with Gasteiger partial charge in [0.2, 0.25) is 0 Å². The van der Waals surface area contributed by atoms with Crippen LogP contribution in [0.15, 0.2) is 0 Å². The summed E-state index contributed by atoms with van der Waals surface area (Å²) >= 11 is 0. The first-order valence-corrected chi connectivity index (χ1v) is 5.11. The third kappa shape index (κ3) is 4.95. The molecule has 0 saturated carbocycles. The Morgan fingerprint density at radius 2 is 1.92 bits per heavy atom. The summed E-state index contributed by atoms with van der Waals surface area (Å²) in [5, 5.41) is 3.30. The van der Waals surface area contributed by atoms with Crippen LogP contribution >= 0.6 is 0 Å². The highest BCUT2D eigenvalue weighted by Crippen LogP contribution is 2.28.